The number of hydrogen-bond donors (Lipinski definition) is 2. The molecule has 0 saturated heterocycles. The van der Waals surface area contributed by atoms with Gasteiger partial charge in [-0.05, 0) is 10.6 Å². The van der Waals surface area contributed by atoms with Crippen molar-refractivity contribution in [2.75, 3.05) is 5.73 Å². The molecule has 1 aromatic heterocycles. The minimum absolute atomic E-state index is 0.0982. The number of nitrogen functional groups attached to an aromatic ring is 1. The molecule has 0 unspecified atom stereocenters. The highest BCUT2D eigenvalue weighted by molar-refractivity contribution is 5.12. The lowest BCUT2D eigenvalue weighted by Crippen LogP contribution is -2.26. The molecule has 1 atom stereocenters. The van der Waals surface area contributed by atoms with Crippen LogP contribution < -0.4 is 11.5 Å². The van der Waals surface area contributed by atoms with E-state index in [0.717, 1.165) is 0 Å². The zero-order valence-electron chi connectivity index (χ0n) is 7.53. The zero-order chi connectivity index (χ0) is 9.35. The van der Waals surface area contributed by atoms with E-state index in [1.807, 2.05) is 20.8 Å². The highest BCUT2D eigenvalue weighted by Crippen LogP contribution is 2.29. The highest BCUT2D eigenvalue weighted by atomic mass is 16.5. The number of hydrogen-bond acceptors (Lipinski definition) is 5. The van der Waals surface area contributed by atoms with Gasteiger partial charge in [0.1, 0.15) is 0 Å². The Morgan fingerprint density at radius 1 is 1.42 bits per heavy atom. The largest absolute Gasteiger partial charge is 0.365 e. The van der Waals surface area contributed by atoms with Crippen LogP contribution in [-0.4, -0.2) is 10.1 Å². The Morgan fingerprint density at radius 2 is 2.00 bits per heavy atom. The van der Waals surface area contributed by atoms with Crippen LogP contribution in [0.5, 0.6) is 0 Å². The van der Waals surface area contributed by atoms with Crippen molar-refractivity contribution in [2.45, 2.75) is 26.8 Å². The highest BCUT2D eigenvalue weighted by Gasteiger charge is 2.27. The fourth-order valence-corrected chi connectivity index (χ4v) is 0.744. The van der Waals surface area contributed by atoms with Crippen molar-refractivity contribution in [1.29, 1.82) is 0 Å². The molecule has 1 heterocycles. The Morgan fingerprint density at radius 3 is 2.33 bits per heavy atom. The molecule has 1 rings (SSSR count). The summed E-state index contributed by atoms with van der Waals surface area (Å²) in [6.45, 7) is 5.99. The van der Waals surface area contributed by atoms with Crippen molar-refractivity contribution in [3.63, 3.8) is 0 Å². The van der Waals surface area contributed by atoms with Gasteiger partial charge in [0.05, 0.1) is 6.04 Å². The second kappa shape index (κ2) is 2.75. The first-order valence-electron chi connectivity index (χ1n) is 3.76. The van der Waals surface area contributed by atoms with E-state index in [-0.39, 0.29) is 17.4 Å². The fourth-order valence-electron chi connectivity index (χ4n) is 0.744. The normalized spacial score (nSPS) is 14.7. The second-order valence-electron chi connectivity index (χ2n) is 3.83. The third-order valence-electron chi connectivity index (χ3n) is 1.66. The van der Waals surface area contributed by atoms with Gasteiger partial charge < -0.3 is 16.0 Å². The van der Waals surface area contributed by atoms with Crippen LogP contribution in [-0.2, 0) is 0 Å². The van der Waals surface area contributed by atoms with Gasteiger partial charge in [0, 0.05) is 0 Å². The van der Waals surface area contributed by atoms with Crippen LogP contribution in [0.3, 0.4) is 0 Å². The van der Waals surface area contributed by atoms with Crippen molar-refractivity contribution in [2.24, 2.45) is 11.1 Å². The molecule has 5 nitrogen and oxygen atoms in total. The van der Waals surface area contributed by atoms with Gasteiger partial charge in [0.25, 0.3) is 5.95 Å². The van der Waals surface area contributed by atoms with Crippen LogP contribution in [0.4, 0.5) is 5.95 Å². The lowest BCUT2D eigenvalue weighted by atomic mass is 9.87. The van der Waals surface area contributed by atoms with E-state index in [1.54, 1.807) is 0 Å². The maximum Gasteiger partial charge on any atom is 0.260 e. The van der Waals surface area contributed by atoms with Gasteiger partial charge in [-0.3, -0.25) is 0 Å². The Kier molecular flexibility index (Phi) is 2.06. The molecule has 0 aromatic carbocycles. The molecule has 0 fully saturated rings. The third kappa shape index (κ3) is 1.73. The zero-order valence-corrected chi connectivity index (χ0v) is 7.53. The summed E-state index contributed by atoms with van der Waals surface area (Å²) in [5.74, 6) is 0.518. The number of rotatable bonds is 1. The average molecular weight is 170 g/mol. The minimum atomic E-state index is -0.276. The molecule has 4 N–H and O–H groups in total. The predicted octanol–water partition coefficient (Wildman–Crippen LogP) is 0.698. The lowest BCUT2D eigenvalue weighted by molar-refractivity contribution is 0.253. The Bertz CT molecular complexity index is 263. The molecule has 0 aliphatic rings. The summed E-state index contributed by atoms with van der Waals surface area (Å²) < 4.78 is 4.84. The van der Waals surface area contributed by atoms with E-state index >= 15 is 0 Å². The van der Waals surface area contributed by atoms with Crippen molar-refractivity contribution in [3.8, 4) is 0 Å². The second-order valence-corrected chi connectivity index (χ2v) is 3.83. The van der Waals surface area contributed by atoms with E-state index in [1.165, 1.54) is 0 Å². The monoisotopic (exact) mass is 170 g/mol. The molecule has 0 amide bonds. The van der Waals surface area contributed by atoms with E-state index in [0.29, 0.717) is 5.89 Å². The van der Waals surface area contributed by atoms with Gasteiger partial charge in [-0.1, -0.05) is 20.8 Å². The quantitative estimate of drug-likeness (QED) is 0.647. The molecule has 68 valence electrons. The molecule has 0 aliphatic heterocycles. The van der Waals surface area contributed by atoms with Crippen LogP contribution in [0, 0.1) is 5.41 Å². The number of aromatic nitrogens is 2. The van der Waals surface area contributed by atoms with Gasteiger partial charge in [-0.15, -0.1) is 0 Å². The maximum absolute atomic E-state index is 5.83. The number of nitrogens with two attached hydrogens (primary N) is 2. The first kappa shape index (κ1) is 8.99. The maximum atomic E-state index is 5.83. The minimum Gasteiger partial charge on any atom is -0.365 e. The van der Waals surface area contributed by atoms with Crippen LogP contribution in [0.2, 0.25) is 0 Å². The van der Waals surface area contributed by atoms with Crippen molar-refractivity contribution >= 4 is 5.95 Å². The molecule has 0 bridgehead atoms. The van der Waals surface area contributed by atoms with Crippen LogP contribution >= 0.6 is 0 Å². The molecular weight excluding hydrogens is 156 g/mol. The number of nitrogens with zero attached hydrogens (tertiary/aromatic N) is 2. The molecular formula is C7H14N4O. The summed E-state index contributed by atoms with van der Waals surface area (Å²) in [7, 11) is 0. The van der Waals surface area contributed by atoms with E-state index in [9.17, 15) is 0 Å². The molecule has 0 aliphatic carbocycles. The van der Waals surface area contributed by atoms with E-state index in [2.05, 4.69) is 10.1 Å². The van der Waals surface area contributed by atoms with Crippen molar-refractivity contribution in [1.82, 2.24) is 10.1 Å². The van der Waals surface area contributed by atoms with Gasteiger partial charge in [0.2, 0.25) is 5.89 Å². The fraction of sp³-hybridized carbons (Fsp3) is 0.714. The third-order valence-corrected chi connectivity index (χ3v) is 1.66. The first-order valence-corrected chi connectivity index (χ1v) is 3.76. The molecule has 5 heteroatoms. The molecule has 0 radical (unpaired) electrons. The lowest BCUT2D eigenvalue weighted by Gasteiger charge is -2.23. The number of anilines is 1. The van der Waals surface area contributed by atoms with Gasteiger partial charge >= 0.3 is 0 Å². The smallest absolute Gasteiger partial charge is 0.260 e. The summed E-state index contributed by atoms with van der Waals surface area (Å²) >= 11 is 0. The summed E-state index contributed by atoms with van der Waals surface area (Å²) in [6.07, 6.45) is 0. The topological polar surface area (TPSA) is 91.0 Å². The van der Waals surface area contributed by atoms with Crippen LogP contribution in [0.25, 0.3) is 0 Å². The summed E-state index contributed by atoms with van der Waals surface area (Å²) in [5.41, 5.74) is 11.0. The first-order chi connectivity index (χ1) is 5.41. The summed E-state index contributed by atoms with van der Waals surface area (Å²) in [5, 5.41) is 3.46. The molecule has 0 spiro atoms. The molecule has 0 saturated carbocycles. The summed E-state index contributed by atoms with van der Waals surface area (Å²) in [6, 6.07) is -0.276. The predicted molar refractivity (Wildman–Crippen MR) is 45.1 cm³/mol. The standard InChI is InChI=1S/C7H14N4O/c1-7(2,3)4(8)5-10-6(9)11-12-5/h4H,8H2,1-3H3,(H2,9,11)/t4-/m0/s1. The Balaban J connectivity index is 2.85. The van der Waals surface area contributed by atoms with E-state index in [4.69, 9.17) is 16.0 Å². The SMILES string of the molecule is CC(C)(C)[C@@H](N)c1nc(N)no1. The Hall–Kier alpha value is -1.10. The van der Waals surface area contributed by atoms with Gasteiger partial charge in [-0.25, -0.2) is 0 Å². The van der Waals surface area contributed by atoms with Crippen molar-refractivity contribution < 1.29 is 4.52 Å². The van der Waals surface area contributed by atoms with Crippen LogP contribution in [0.15, 0.2) is 4.52 Å². The Labute approximate surface area is 71.1 Å². The average Bonchev–Trinajstić information content (AvgIpc) is 2.32. The van der Waals surface area contributed by atoms with Crippen molar-refractivity contribution in [3.05, 3.63) is 5.89 Å². The van der Waals surface area contributed by atoms with Gasteiger partial charge in [0.15, 0.2) is 0 Å². The van der Waals surface area contributed by atoms with E-state index < -0.39 is 0 Å². The summed E-state index contributed by atoms with van der Waals surface area (Å²) in [4.78, 5) is 3.85. The molecule has 1 aromatic rings. The van der Waals surface area contributed by atoms with Gasteiger partial charge in [-0.2, -0.15) is 4.98 Å². The van der Waals surface area contributed by atoms with Crippen LogP contribution in [0.1, 0.15) is 32.7 Å². The molecule has 12 heavy (non-hydrogen) atoms.